The molecule has 0 bridgehead atoms. The van der Waals surface area contributed by atoms with Crippen LogP contribution in [0.15, 0.2) is 4.99 Å². The molecule has 1 saturated carbocycles. The number of ether oxygens (including phenoxy) is 2. The Kier molecular flexibility index (Phi) is 9.07. The maximum atomic E-state index is 5.97. The van der Waals surface area contributed by atoms with Gasteiger partial charge in [0.2, 0.25) is 0 Å². The van der Waals surface area contributed by atoms with Crippen LogP contribution in [-0.4, -0.2) is 76.1 Å². The summed E-state index contributed by atoms with van der Waals surface area (Å²) in [5.74, 6) is 1.71. The Bertz CT molecular complexity index is 393. The molecule has 2 saturated heterocycles. The lowest BCUT2D eigenvalue weighted by Gasteiger charge is -2.35. The molecule has 1 aliphatic carbocycles. The lowest BCUT2D eigenvalue weighted by atomic mass is 10.2. The SMILES string of the molecule is CN=C(NCCCOCC1CC1)NCC1CN2CCCC2CO1.I. The second kappa shape index (κ2) is 10.8. The fourth-order valence-electron chi connectivity index (χ4n) is 3.36. The highest BCUT2D eigenvalue weighted by Crippen LogP contribution is 2.28. The van der Waals surface area contributed by atoms with Crippen LogP contribution >= 0.6 is 24.0 Å². The summed E-state index contributed by atoms with van der Waals surface area (Å²) in [6.07, 6.45) is 6.62. The molecule has 2 atom stereocenters. The second-order valence-corrected chi connectivity index (χ2v) is 7.00. The number of rotatable bonds is 8. The van der Waals surface area contributed by atoms with E-state index in [0.29, 0.717) is 6.04 Å². The van der Waals surface area contributed by atoms with Gasteiger partial charge in [0.1, 0.15) is 0 Å². The number of hydrogen-bond donors (Lipinski definition) is 2. The van der Waals surface area contributed by atoms with Crippen LogP contribution in [0, 0.1) is 5.92 Å². The lowest BCUT2D eigenvalue weighted by molar-refractivity contribution is -0.0453. The molecule has 3 rings (SSSR count). The minimum Gasteiger partial charge on any atom is -0.381 e. The molecule has 2 heterocycles. The third-order valence-electron chi connectivity index (χ3n) is 4.99. The van der Waals surface area contributed by atoms with Gasteiger partial charge in [-0.2, -0.15) is 0 Å². The normalized spacial score (nSPS) is 27.5. The Labute approximate surface area is 163 Å². The molecule has 7 heteroatoms. The Morgan fingerprint density at radius 3 is 2.96 bits per heavy atom. The predicted molar refractivity (Wildman–Crippen MR) is 107 cm³/mol. The average molecular weight is 452 g/mol. The molecule has 3 fully saturated rings. The molecule has 0 amide bonds. The van der Waals surface area contributed by atoms with Gasteiger partial charge >= 0.3 is 0 Å². The molecule has 0 aromatic heterocycles. The molecular weight excluding hydrogens is 419 g/mol. The summed E-state index contributed by atoms with van der Waals surface area (Å²) >= 11 is 0. The van der Waals surface area contributed by atoms with Gasteiger partial charge in [0.05, 0.1) is 12.7 Å². The summed E-state index contributed by atoms with van der Waals surface area (Å²) in [6.45, 7) is 6.66. The molecule has 3 aliphatic rings. The highest BCUT2D eigenvalue weighted by molar-refractivity contribution is 14.0. The van der Waals surface area contributed by atoms with Crippen LogP contribution in [0.25, 0.3) is 0 Å². The van der Waals surface area contributed by atoms with Crippen molar-refractivity contribution in [1.82, 2.24) is 15.5 Å². The van der Waals surface area contributed by atoms with Crippen molar-refractivity contribution in [2.45, 2.75) is 44.2 Å². The van der Waals surface area contributed by atoms with Crippen molar-refractivity contribution in [3.05, 3.63) is 0 Å². The van der Waals surface area contributed by atoms with Gasteiger partial charge in [0, 0.05) is 45.9 Å². The summed E-state index contributed by atoms with van der Waals surface area (Å²) in [7, 11) is 1.82. The third kappa shape index (κ3) is 6.65. The van der Waals surface area contributed by atoms with E-state index >= 15 is 0 Å². The number of fused-ring (bicyclic) bond motifs is 1. The van der Waals surface area contributed by atoms with Gasteiger partial charge in [0.25, 0.3) is 0 Å². The van der Waals surface area contributed by atoms with Crippen molar-refractivity contribution in [3.8, 4) is 0 Å². The highest BCUT2D eigenvalue weighted by atomic mass is 127. The summed E-state index contributed by atoms with van der Waals surface area (Å²) < 4.78 is 11.6. The molecule has 0 aromatic rings. The first kappa shape index (κ1) is 20.2. The van der Waals surface area contributed by atoms with Crippen LogP contribution in [0.5, 0.6) is 0 Å². The van der Waals surface area contributed by atoms with E-state index in [0.717, 1.165) is 57.8 Å². The van der Waals surface area contributed by atoms with E-state index in [9.17, 15) is 0 Å². The van der Waals surface area contributed by atoms with E-state index < -0.39 is 0 Å². The predicted octanol–water partition coefficient (Wildman–Crippen LogP) is 1.45. The molecule has 0 spiro atoms. The second-order valence-electron chi connectivity index (χ2n) is 7.00. The number of guanidine groups is 1. The van der Waals surface area contributed by atoms with Crippen LogP contribution in [0.1, 0.15) is 32.1 Å². The van der Waals surface area contributed by atoms with Crippen molar-refractivity contribution < 1.29 is 9.47 Å². The smallest absolute Gasteiger partial charge is 0.191 e. The monoisotopic (exact) mass is 452 g/mol. The first-order valence-corrected chi connectivity index (χ1v) is 9.23. The number of morpholine rings is 1. The maximum Gasteiger partial charge on any atom is 0.191 e. The molecule has 0 radical (unpaired) electrons. The zero-order valence-electron chi connectivity index (χ0n) is 14.8. The molecule has 2 unspecified atom stereocenters. The van der Waals surface area contributed by atoms with Gasteiger partial charge in [0.15, 0.2) is 5.96 Å². The van der Waals surface area contributed by atoms with E-state index in [1.165, 1.54) is 32.2 Å². The third-order valence-corrected chi connectivity index (χ3v) is 4.99. The highest BCUT2D eigenvalue weighted by Gasteiger charge is 2.32. The Morgan fingerprint density at radius 1 is 1.29 bits per heavy atom. The zero-order valence-corrected chi connectivity index (χ0v) is 17.2. The number of nitrogens with zero attached hydrogens (tertiary/aromatic N) is 2. The van der Waals surface area contributed by atoms with Crippen molar-refractivity contribution in [2.24, 2.45) is 10.9 Å². The minimum absolute atomic E-state index is 0. The molecular formula is C17H33IN4O2. The van der Waals surface area contributed by atoms with E-state index in [1.807, 2.05) is 7.05 Å². The van der Waals surface area contributed by atoms with E-state index in [4.69, 9.17) is 9.47 Å². The topological polar surface area (TPSA) is 58.1 Å². The number of hydrogen-bond acceptors (Lipinski definition) is 4. The van der Waals surface area contributed by atoms with Crippen LogP contribution in [0.2, 0.25) is 0 Å². The molecule has 0 aromatic carbocycles. The van der Waals surface area contributed by atoms with Crippen LogP contribution in [0.4, 0.5) is 0 Å². The van der Waals surface area contributed by atoms with E-state index in [2.05, 4.69) is 20.5 Å². The van der Waals surface area contributed by atoms with E-state index in [-0.39, 0.29) is 30.1 Å². The van der Waals surface area contributed by atoms with Gasteiger partial charge in [-0.25, -0.2) is 0 Å². The van der Waals surface area contributed by atoms with E-state index in [1.54, 1.807) is 0 Å². The van der Waals surface area contributed by atoms with Crippen molar-refractivity contribution in [1.29, 1.82) is 0 Å². The molecule has 6 nitrogen and oxygen atoms in total. The summed E-state index contributed by atoms with van der Waals surface area (Å²) in [4.78, 5) is 6.85. The fourth-order valence-corrected chi connectivity index (χ4v) is 3.36. The zero-order chi connectivity index (χ0) is 15.9. The number of halogens is 1. The number of aliphatic imine (C=N–C) groups is 1. The average Bonchev–Trinajstić information content (AvgIpc) is 3.28. The van der Waals surface area contributed by atoms with Crippen LogP contribution in [-0.2, 0) is 9.47 Å². The Balaban J connectivity index is 0.00000208. The summed E-state index contributed by atoms with van der Waals surface area (Å²) in [5.41, 5.74) is 0. The van der Waals surface area contributed by atoms with Crippen LogP contribution < -0.4 is 10.6 Å². The van der Waals surface area contributed by atoms with Gasteiger partial charge < -0.3 is 20.1 Å². The van der Waals surface area contributed by atoms with Gasteiger partial charge in [-0.1, -0.05) is 0 Å². The van der Waals surface area contributed by atoms with Crippen LogP contribution in [0.3, 0.4) is 0 Å². The lowest BCUT2D eigenvalue weighted by Crippen LogP contribution is -2.51. The standard InChI is InChI=1S/C17H32N4O2.HI/c1-18-17(19-7-3-9-22-12-14-5-6-14)20-10-16-11-21-8-2-4-15(21)13-23-16;/h14-16H,2-13H2,1H3,(H2,18,19,20);1H. The quantitative estimate of drug-likeness (QED) is 0.253. The first-order valence-electron chi connectivity index (χ1n) is 9.23. The molecule has 2 aliphatic heterocycles. The maximum absolute atomic E-state index is 5.97. The Morgan fingerprint density at radius 2 is 2.17 bits per heavy atom. The first-order chi connectivity index (χ1) is 11.3. The van der Waals surface area contributed by atoms with Gasteiger partial charge in [-0.3, -0.25) is 9.89 Å². The van der Waals surface area contributed by atoms with Crippen molar-refractivity contribution >= 4 is 29.9 Å². The summed E-state index contributed by atoms with van der Waals surface area (Å²) in [5, 5.41) is 6.73. The number of nitrogens with one attached hydrogen (secondary N) is 2. The molecule has 140 valence electrons. The van der Waals surface area contributed by atoms with Crippen molar-refractivity contribution in [2.75, 3.05) is 53.0 Å². The Hall–Kier alpha value is -0.120. The summed E-state index contributed by atoms with van der Waals surface area (Å²) in [6, 6.07) is 0.666. The van der Waals surface area contributed by atoms with Gasteiger partial charge in [-0.05, 0) is 44.6 Å². The minimum atomic E-state index is 0. The molecule has 2 N–H and O–H groups in total. The van der Waals surface area contributed by atoms with Gasteiger partial charge in [-0.15, -0.1) is 24.0 Å². The largest absolute Gasteiger partial charge is 0.381 e. The molecule has 24 heavy (non-hydrogen) atoms. The fraction of sp³-hybridized carbons (Fsp3) is 0.941. The van der Waals surface area contributed by atoms with Crippen molar-refractivity contribution in [3.63, 3.8) is 0 Å².